The van der Waals surface area contributed by atoms with Crippen molar-refractivity contribution in [2.24, 2.45) is 11.5 Å². The molecule has 0 atom stereocenters. The van der Waals surface area contributed by atoms with E-state index in [-0.39, 0.29) is 69.1 Å². The Morgan fingerprint density at radius 1 is 0.459 bits per heavy atom. The van der Waals surface area contributed by atoms with Gasteiger partial charge in [0.1, 0.15) is 11.4 Å². The first kappa shape index (κ1) is 75.0. The Labute approximate surface area is 637 Å². The standard InChI is InChI=1S/C28H27N7O4S.C28H28N6O3S.C22H22N6O2.CO2/c1-15(2)30-28-34-33-27(39-28)18-8-11-24-20(12-18)21(14-35(24)40(37,38)19-9-4-16(3)5-10-19)26-31-22(17-6-7-17)13-23(32-26)25(29)36;1-16(2)29-28-33-32-27(37-28)20-9-12-25-22(14-20)23(26-30-18(4)13-24(31-26)19-7-8-19)15-34(25)38(35,36)21-10-5-17(3)6-11-21;1-11(2)24-22-28-27-21(30-22)14-6-3-12-7-8-15(16(12)9-14)20-25-17(13-4-5-13)10-18(26-20)19(23)29;2-1-3/h4-5,8-15,17H,6-7H2,1-3H3,(H2,29,36)(H,30,34);5-6,9-16,19H,7-8H2,1-4H3,(H,29,33);3,6,8-11,13H,4-5,7H2,1-2H3,(H2,23,29)(H,24,28);. The first-order chi connectivity index (χ1) is 53.2. The monoisotopic (exact) mass is 1530 g/mol. The molecule has 0 saturated heterocycles. The number of amides is 2. The minimum Gasteiger partial charge on any atom is -0.403 e. The summed E-state index contributed by atoms with van der Waals surface area (Å²) in [6.45, 7) is 17.6. The minimum atomic E-state index is -3.99. The van der Waals surface area contributed by atoms with Crippen molar-refractivity contribution in [1.29, 1.82) is 0 Å². The van der Waals surface area contributed by atoms with Crippen LogP contribution in [0, 0.1) is 20.8 Å². The highest BCUT2D eigenvalue weighted by molar-refractivity contribution is 7.90. The largest absolute Gasteiger partial charge is 0.403 e. The van der Waals surface area contributed by atoms with Gasteiger partial charge in [0.25, 0.3) is 31.9 Å². The molecule has 5 aromatic carbocycles. The highest BCUT2D eigenvalue weighted by Crippen LogP contribution is 2.45. The number of nitrogens with zero attached hydrogens (tertiary/aromatic N) is 14. The summed E-state index contributed by atoms with van der Waals surface area (Å²) in [4.78, 5) is 68.4. The van der Waals surface area contributed by atoms with E-state index in [9.17, 15) is 26.4 Å². The predicted molar refractivity (Wildman–Crippen MR) is 412 cm³/mol. The van der Waals surface area contributed by atoms with Gasteiger partial charge in [-0.2, -0.15) is 9.59 Å². The Bertz CT molecular complexity index is 6060. The molecule has 0 spiro atoms. The number of hydrogen-bond acceptors (Lipinski definition) is 26. The van der Waals surface area contributed by atoms with Crippen LogP contribution in [0.5, 0.6) is 0 Å². The molecule has 30 nitrogen and oxygen atoms in total. The van der Waals surface area contributed by atoms with Crippen LogP contribution in [0.1, 0.15) is 170 Å². The van der Waals surface area contributed by atoms with Gasteiger partial charge in [0, 0.05) is 115 Å². The first-order valence-corrected chi connectivity index (χ1v) is 38.9. The molecule has 0 radical (unpaired) electrons. The zero-order chi connectivity index (χ0) is 78.3. The molecule has 0 bridgehead atoms. The lowest BCUT2D eigenvalue weighted by atomic mass is 10.0. The molecule has 0 aliphatic heterocycles. The van der Waals surface area contributed by atoms with Crippen molar-refractivity contribution in [3.05, 3.63) is 202 Å². The highest BCUT2D eigenvalue weighted by atomic mass is 32.2. The highest BCUT2D eigenvalue weighted by Gasteiger charge is 2.33. The minimum absolute atomic E-state index is 0.0756. The maximum Gasteiger partial charge on any atom is 0.373 e. The van der Waals surface area contributed by atoms with Crippen molar-refractivity contribution < 1.29 is 49.3 Å². The maximum absolute atomic E-state index is 13.8. The Hall–Kier alpha value is -12.8. The lowest BCUT2D eigenvalue weighted by Gasteiger charge is -2.09. The zero-order valence-electron chi connectivity index (χ0n) is 61.9. The first-order valence-electron chi connectivity index (χ1n) is 36.0. The van der Waals surface area contributed by atoms with E-state index < -0.39 is 31.9 Å². The van der Waals surface area contributed by atoms with E-state index in [1.54, 1.807) is 97.2 Å². The second-order valence-electron chi connectivity index (χ2n) is 28.5. The molecule has 2 amide bonds. The van der Waals surface area contributed by atoms with Gasteiger partial charge in [0.2, 0.25) is 17.7 Å². The number of nitrogens with one attached hydrogen (secondary N) is 3. The molecule has 111 heavy (non-hydrogen) atoms. The molecule has 4 aliphatic rings. The molecule has 0 unspecified atom stereocenters. The fourth-order valence-corrected chi connectivity index (χ4v) is 15.3. The number of aromatic nitrogens is 14. The van der Waals surface area contributed by atoms with Crippen LogP contribution in [0.4, 0.5) is 18.0 Å². The number of primary amides is 2. The molecule has 3 saturated carbocycles. The molecule has 3 fully saturated rings. The number of anilines is 3. The van der Waals surface area contributed by atoms with Crippen LogP contribution in [-0.2, 0) is 36.1 Å². The summed E-state index contributed by atoms with van der Waals surface area (Å²) < 4.78 is 75.1. The van der Waals surface area contributed by atoms with Gasteiger partial charge in [-0.1, -0.05) is 62.8 Å². The number of allylic oxidation sites excluding steroid dienone is 1. The maximum atomic E-state index is 13.8. The average Bonchev–Trinajstić information content (AvgIpc) is 1.60. The van der Waals surface area contributed by atoms with E-state index in [0.29, 0.717) is 97.0 Å². The second-order valence-corrected chi connectivity index (χ2v) is 32.1. The fraction of sp³-hybridized carbons (Fsp3) is 0.278. The van der Waals surface area contributed by atoms with E-state index in [1.807, 2.05) is 92.6 Å². The number of nitrogens with two attached hydrogens (primary N) is 2. The van der Waals surface area contributed by atoms with Gasteiger partial charge in [-0.25, -0.2) is 54.7 Å². The van der Waals surface area contributed by atoms with Crippen LogP contribution in [-0.4, -0.2) is 121 Å². The van der Waals surface area contributed by atoms with Gasteiger partial charge < -0.3 is 40.7 Å². The Balaban J connectivity index is 0.000000137. The van der Waals surface area contributed by atoms with E-state index in [1.165, 1.54) is 14.1 Å². The van der Waals surface area contributed by atoms with E-state index in [4.69, 9.17) is 54.2 Å². The molecule has 8 heterocycles. The molecule has 17 rings (SSSR count). The lowest BCUT2D eigenvalue weighted by molar-refractivity contribution is -0.191. The molecule has 13 aromatic rings. The van der Waals surface area contributed by atoms with Gasteiger partial charge in [-0.3, -0.25) is 9.59 Å². The molecule has 8 aromatic heterocycles. The number of fused-ring (bicyclic) bond motifs is 3. The van der Waals surface area contributed by atoms with Crippen LogP contribution >= 0.6 is 0 Å². The molecule has 566 valence electrons. The van der Waals surface area contributed by atoms with Crippen LogP contribution in [0.3, 0.4) is 0 Å². The lowest BCUT2D eigenvalue weighted by Crippen LogP contribution is -2.15. The molecule has 32 heteroatoms. The van der Waals surface area contributed by atoms with Crippen LogP contribution in [0.2, 0.25) is 0 Å². The number of benzene rings is 5. The number of rotatable bonds is 21. The number of aryl methyl sites for hydroxylation is 3. The third-order valence-corrected chi connectivity index (χ3v) is 21.8. The molecule has 7 N–H and O–H groups in total. The smallest absolute Gasteiger partial charge is 0.373 e. The summed E-state index contributed by atoms with van der Waals surface area (Å²) >= 11 is 0. The SMILES string of the molecule is CC(C)Nc1nnc(-c2ccc3c(c2)C(c2nc(C(N)=O)cc(C4CC4)n2)=CC3)o1.Cc1ccc(S(=O)(=O)n2cc(-c3nc(C(N)=O)cc(C4CC4)n3)c3cc(-c4nnc(NC(C)C)o4)ccc32)cc1.Cc1ccc(S(=O)(=O)n2cc(-c3nc(C)cc(C4CC4)n3)c3cc(-c4nnc(NC(C)C)o4)ccc32)cc1.O=C=O. The van der Waals surface area contributed by atoms with Crippen molar-refractivity contribution in [3.8, 4) is 57.1 Å². The van der Waals surface area contributed by atoms with E-state index in [2.05, 4.69) is 62.6 Å². The third-order valence-electron chi connectivity index (χ3n) is 18.5. The predicted octanol–water partition coefficient (Wildman–Crippen LogP) is 12.9. The molecular weight excluding hydrogens is 1460 g/mol. The summed E-state index contributed by atoms with van der Waals surface area (Å²) in [6, 6.07) is 36.8. The second kappa shape index (κ2) is 30.7. The Morgan fingerprint density at radius 2 is 0.829 bits per heavy atom. The molecule has 4 aliphatic carbocycles. The van der Waals surface area contributed by atoms with Gasteiger partial charge in [-0.05, 0) is 209 Å². The zero-order valence-corrected chi connectivity index (χ0v) is 63.5. The summed E-state index contributed by atoms with van der Waals surface area (Å²) in [5, 5.41) is 35.2. The summed E-state index contributed by atoms with van der Waals surface area (Å²) in [5.41, 5.74) is 23.9. The third kappa shape index (κ3) is 16.5. The Morgan fingerprint density at radius 3 is 1.23 bits per heavy atom. The normalized spacial score (nSPS) is 13.9. The van der Waals surface area contributed by atoms with Crippen LogP contribution in [0.15, 0.2) is 163 Å². The summed E-state index contributed by atoms with van der Waals surface area (Å²) in [5.74, 6) is 2.10. The van der Waals surface area contributed by atoms with Crippen molar-refractivity contribution in [2.75, 3.05) is 16.0 Å². The van der Waals surface area contributed by atoms with Crippen molar-refractivity contribution in [3.63, 3.8) is 0 Å². The van der Waals surface area contributed by atoms with Gasteiger partial charge in [-0.15, -0.1) is 15.3 Å². The summed E-state index contributed by atoms with van der Waals surface area (Å²) in [6.07, 6.45) is 12.5. The van der Waals surface area contributed by atoms with Crippen molar-refractivity contribution in [2.45, 2.75) is 153 Å². The van der Waals surface area contributed by atoms with Gasteiger partial charge in [0.05, 0.1) is 20.8 Å². The number of hydrogen-bond donors (Lipinski definition) is 5. The Kier molecular flexibility index (Phi) is 20.7. The topological polar surface area (TPSA) is 429 Å². The fourth-order valence-electron chi connectivity index (χ4n) is 12.6. The number of carbonyl (C=O) groups is 2. The van der Waals surface area contributed by atoms with Gasteiger partial charge in [0.15, 0.2) is 17.5 Å². The van der Waals surface area contributed by atoms with Crippen molar-refractivity contribution >= 4 is 83.4 Å². The average molecular weight is 1530 g/mol. The summed E-state index contributed by atoms with van der Waals surface area (Å²) in [7, 11) is -7.87. The molecular formula is C79H77N19O11S2. The van der Waals surface area contributed by atoms with Crippen LogP contribution in [0.25, 0.3) is 84.5 Å². The van der Waals surface area contributed by atoms with E-state index >= 15 is 0 Å². The van der Waals surface area contributed by atoms with Crippen LogP contribution < -0.4 is 27.4 Å². The van der Waals surface area contributed by atoms with Crippen molar-refractivity contribution in [1.82, 2.24) is 68.4 Å². The van der Waals surface area contributed by atoms with Gasteiger partial charge >= 0.3 is 24.2 Å². The quantitative estimate of drug-likeness (QED) is 0.0446. The van der Waals surface area contributed by atoms with E-state index in [0.717, 1.165) is 95.4 Å². The number of carbonyl (C=O) groups excluding carboxylic acids is 4.